The van der Waals surface area contributed by atoms with E-state index >= 15 is 0 Å². The van der Waals surface area contributed by atoms with Crippen LogP contribution in [0.15, 0.2) is 69.6 Å². The molecule has 1 aliphatic heterocycles. The van der Waals surface area contributed by atoms with Crippen molar-refractivity contribution in [3.05, 3.63) is 90.6 Å². The quantitative estimate of drug-likeness (QED) is 0.458. The number of hydrogen-bond donors (Lipinski definition) is 0. The van der Waals surface area contributed by atoms with Gasteiger partial charge in [-0.3, -0.25) is 9.36 Å². The van der Waals surface area contributed by atoms with Crippen LogP contribution in [0.2, 0.25) is 0 Å². The number of rotatable bonds is 7. The van der Waals surface area contributed by atoms with E-state index in [9.17, 15) is 9.59 Å². The Morgan fingerprint density at radius 1 is 1.00 bits per heavy atom. The molecule has 2 heterocycles. The SMILES string of the molecule is COC(=O)C1=C(C)N=c2sc(=CC=Cc3ccccc3OC)c(=O)n2C1c1ccc(OC)c(OC)c1. The van der Waals surface area contributed by atoms with Crippen LogP contribution in [-0.4, -0.2) is 39.0 Å². The molecule has 1 unspecified atom stereocenters. The van der Waals surface area contributed by atoms with E-state index < -0.39 is 12.0 Å². The summed E-state index contributed by atoms with van der Waals surface area (Å²) < 4.78 is 23.3. The highest BCUT2D eigenvalue weighted by Gasteiger charge is 2.33. The summed E-state index contributed by atoms with van der Waals surface area (Å²) >= 11 is 1.25. The molecule has 0 saturated heterocycles. The van der Waals surface area contributed by atoms with Crippen LogP contribution in [0.4, 0.5) is 0 Å². The first-order valence-corrected chi connectivity index (χ1v) is 11.9. The number of aromatic nitrogens is 1. The number of thiazole rings is 1. The number of esters is 1. The van der Waals surface area contributed by atoms with Gasteiger partial charge in [-0.2, -0.15) is 0 Å². The van der Waals surface area contributed by atoms with E-state index in [1.807, 2.05) is 30.3 Å². The molecule has 0 radical (unpaired) electrons. The zero-order valence-corrected chi connectivity index (χ0v) is 21.4. The molecule has 186 valence electrons. The topological polar surface area (TPSA) is 88.4 Å². The number of fused-ring (bicyclic) bond motifs is 1. The first-order chi connectivity index (χ1) is 17.4. The minimum Gasteiger partial charge on any atom is -0.496 e. The smallest absolute Gasteiger partial charge is 0.338 e. The number of allylic oxidation sites excluding steroid dienone is 2. The van der Waals surface area contributed by atoms with Gasteiger partial charge < -0.3 is 18.9 Å². The molecule has 8 nitrogen and oxygen atoms in total. The first-order valence-electron chi connectivity index (χ1n) is 11.1. The Morgan fingerprint density at radius 3 is 2.42 bits per heavy atom. The van der Waals surface area contributed by atoms with Crippen LogP contribution in [0.1, 0.15) is 24.1 Å². The highest BCUT2D eigenvalue weighted by atomic mass is 32.1. The molecule has 0 bridgehead atoms. The Kier molecular flexibility index (Phi) is 7.40. The van der Waals surface area contributed by atoms with Crippen LogP contribution in [0.25, 0.3) is 12.2 Å². The maximum Gasteiger partial charge on any atom is 0.338 e. The molecule has 36 heavy (non-hydrogen) atoms. The van der Waals surface area contributed by atoms with Crippen molar-refractivity contribution in [2.24, 2.45) is 4.99 Å². The van der Waals surface area contributed by atoms with E-state index in [2.05, 4.69) is 4.99 Å². The summed E-state index contributed by atoms with van der Waals surface area (Å²) in [5, 5.41) is 0. The molecular weight excluding hydrogens is 480 g/mol. The van der Waals surface area contributed by atoms with Crippen LogP contribution in [0.5, 0.6) is 17.2 Å². The summed E-state index contributed by atoms with van der Waals surface area (Å²) in [7, 11) is 5.99. The molecule has 4 rings (SSSR count). The second-order valence-corrected chi connectivity index (χ2v) is 8.82. The third kappa shape index (κ3) is 4.57. The van der Waals surface area contributed by atoms with Gasteiger partial charge in [-0.05, 0) is 36.8 Å². The lowest BCUT2D eigenvalue weighted by atomic mass is 9.95. The summed E-state index contributed by atoms with van der Waals surface area (Å²) in [6.45, 7) is 1.73. The van der Waals surface area contributed by atoms with Gasteiger partial charge in [-0.1, -0.05) is 47.8 Å². The van der Waals surface area contributed by atoms with Gasteiger partial charge >= 0.3 is 5.97 Å². The van der Waals surface area contributed by atoms with Gasteiger partial charge in [-0.25, -0.2) is 9.79 Å². The molecule has 2 aromatic carbocycles. The maximum absolute atomic E-state index is 13.6. The lowest BCUT2D eigenvalue weighted by Gasteiger charge is -2.25. The van der Waals surface area contributed by atoms with Crippen molar-refractivity contribution in [1.82, 2.24) is 4.57 Å². The van der Waals surface area contributed by atoms with Crippen LogP contribution in [0.3, 0.4) is 0 Å². The molecule has 0 saturated carbocycles. The van der Waals surface area contributed by atoms with Gasteiger partial charge in [0.2, 0.25) is 0 Å². The van der Waals surface area contributed by atoms with E-state index in [4.69, 9.17) is 18.9 Å². The number of ether oxygens (including phenoxy) is 4. The Balaban J connectivity index is 1.88. The number of benzene rings is 2. The van der Waals surface area contributed by atoms with Crippen molar-refractivity contribution in [1.29, 1.82) is 0 Å². The highest BCUT2D eigenvalue weighted by molar-refractivity contribution is 7.07. The minimum atomic E-state index is -0.742. The normalized spacial score (nSPS) is 15.5. The lowest BCUT2D eigenvalue weighted by Crippen LogP contribution is -2.39. The van der Waals surface area contributed by atoms with E-state index in [0.717, 1.165) is 11.3 Å². The fourth-order valence-electron chi connectivity index (χ4n) is 4.09. The number of carbonyl (C=O) groups excluding carboxylic acids is 1. The van der Waals surface area contributed by atoms with E-state index in [1.165, 1.54) is 30.1 Å². The molecule has 0 fully saturated rings. The van der Waals surface area contributed by atoms with Crippen molar-refractivity contribution in [3.63, 3.8) is 0 Å². The fourth-order valence-corrected chi connectivity index (χ4v) is 5.09. The third-order valence-electron chi connectivity index (χ3n) is 5.81. The molecular formula is C27H26N2O6S. The molecule has 3 aromatic rings. The fraction of sp³-hybridized carbons (Fsp3) is 0.222. The number of carbonyl (C=O) groups is 1. The predicted octanol–water partition coefficient (Wildman–Crippen LogP) is 3.10. The van der Waals surface area contributed by atoms with Gasteiger partial charge in [0.05, 0.1) is 50.3 Å². The van der Waals surface area contributed by atoms with Crippen molar-refractivity contribution >= 4 is 29.5 Å². The van der Waals surface area contributed by atoms with Crippen molar-refractivity contribution in [3.8, 4) is 17.2 Å². The summed E-state index contributed by atoms with van der Waals surface area (Å²) in [6.07, 6.45) is 5.40. The molecule has 0 aliphatic carbocycles. The third-order valence-corrected chi connectivity index (χ3v) is 6.81. The zero-order valence-electron chi connectivity index (χ0n) is 20.6. The van der Waals surface area contributed by atoms with E-state index in [1.54, 1.807) is 51.5 Å². The van der Waals surface area contributed by atoms with Gasteiger partial charge in [-0.15, -0.1) is 0 Å². The second-order valence-electron chi connectivity index (χ2n) is 7.81. The zero-order chi connectivity index (χ0) is 25.8. The molecule has 0 N–H and O–H groups in total. The summed E-state index contributed by atoms with van der Waals surface area (Å²) in [5.41, 5.74) is 2.06. The van der Waals surface area contributed by atoms with E-state index in [-0.39, 0.29) is 11.1 Å². The van der Waals surface area contributed by atoms with Gasteiger partial charge in [0.15, 0.2) is 16.3 Å². The van der Waals surface area contributed by atoms with Crippen LogP contribution in [-0.2, 0) is 9.53 Å². The molecule has 0 spiro atoms. The van der Waals surface area contributed by atoms with Crippen LogP contribution >= 0.6 is 11.3 Å². The summed E-state index contributed by atoms with van der Waals surface area (Å²) in [4.78, 5) is 31.5. The Labute approximate surface area is 212 Å². The average molecular weight is 507 g/mol. The molecule has 0 amide bonds. The van der Waals surface area contributed by atoms with E-state index in [0.29, 0.717) is 32.1 Å². The maximum atomic E-state index is 13.6. The summed E-state index contributed by atoms with van der Waals surface area (Å²) in [6, 6.07) is 12.1. The van der Waals surface area contributed by atoms with Crippen molar-refractivity contribution in [2.75, 3.05) is 28.4 Å². The minimum absolute atomic E-state index is 0.267. The molecule has 1 aromatic heterocycles. The Hall–Kier alpha value is -4.11. The standard InChI is InChI=1S/C27H26N2O6S/c1-16-23(26(31)35-5)24(18-13-14-20(33-3)21(15-18)34-4)29-25(30)22(36-27(29)28-16)12-8-10-17-9-6-7-11-19(17)32-2/h6-15,24H,1-5H3. The monoisotopic (exact) mass is 506 g/mol. The summed E-state index contributed by atoms with van der Waals surface area (Å²) in [5.74, 6) is 1.20. The number of para-hydroxylation sites is 1. The second kappa shape index (κ2) is 10.7. The van der Waals surface area contributed by atoms with Crippen LogP contribution in [0, 0.1) is 0 Å². The van der Waals surface area contributed by atoms with Crippen molar-refractivity contribution in [2.45, 2.75) is 13.0 Å². The predicted molar refractivity (Wildman–Crippen MR) is 138 cm³/mol. The Bertz CT molecular complexity index is 1550. The number of nitrogens with zero attached hydrogens (tertiary/aromatic N) is 2. The highest BCUT2D eigenvalue weighted by Crippen LogP contribution is 2.35. The van der Waals surface area contributed by atoms with Gasteiger partial charge in [0.25, 0.3) is 5.56 Å². The molecule has 1 atom stereocenters. The first kappa shape index (κ1) is 25.0. The molecule has 1 aliphatic rings. The number of methoxy groups -OCH3 is 4. The van der Waals surface area contributed by atoms with Gasteiger partial charge in [0.1, 0.15) is 5.75 Å². The number of hydrogen-bond acceptors (Lipinski definition) is 8. The lowest BCUT2D eigenvalue weighted by molar-refractivity contribution is -0.136. The average Bonchev–Trinajstić information content (AvgIpc) is 3.21. The molecule has 9 heteroatoms. The Morgan fingerprint density at radius 2 is 1.72 bits per heavy atom. The van der Waals surface area contributed by atoms with Crippen molar-refractivity contribution < 1.29 is 23.7 Å². The largest absolute Gasteiger partial charge is 0.496 e. The van der Waals surface area contributed by atoms with Gasteiger partial charge in [0, 0.05) is 5.56 Å². The van der Waals surface area contributed by atoms with Crippen LogP contribution < -0.4 is 29.1 Å².